The predicted molar refractivity (Wildman–Crippen MR) is 78.4 cm³/mol. The molecule has 112 valence electrons. The lowest BCUT2D eigenvalue weighted by Gasteiger charge is -2.19. The van der Waals surface area contributed by atoms with E-state index in [1.54, 1.807) is 12.5 Å². The summed E-state index contributed by atoms with van der Waals surface area (Å²) in [6.45, 7) is 7.74. The van der Waals surface area contributed by atoms with E-state index in [1.165, 1.54) is 0 Å². The Bertz CT molecular complexity index is 424. The number of nitrogens with zero attached hydrogens (tertiary/aromatic N) is 1. The van der Waals surface area contributed by atoms with Crippen LogP contribution in [0.25, 0.3) is 0 Å². The molecule has 5 heteroatoms. The van der Waals surface area contributed by atoms with Gasteiger partial charge in [-0.15, -0.1) is 0 Å². The van der Waals surface area contributed by atoms with Crippen LogP contribution < -0.4 is 5.32 Å². The monoisotopic (exact) mass is 279 g/mol. The molecule has 0 aromatic carbocycles. The molecule has 0 bridgehead atoms. The van der Waals surface area contributed by atoms with Crippen LogP contribution in [0.3, 0.4) is 0 Å². The number of hydrogen-bond acceptors (Lipinski definition) is 4. The Labute approximate surface area is 120 Å². The molecule has 20 heavy (non-hydrogen) atoms. The van der Waals surface area contributed by atoms with E-state index >= 15 is 0 Å². The molecule has 1 aromatic heterocycles. The van der Waals surface area contributed by atoms with Crippen LogP contribution in [0.1, 0.15) is 46.2 Å². The molecule has 2 N–H and O–H groups in total. The van der Waals surface area contributed by atoms with Gasteiger partial charge in [0.15, 0.2) is 5.78 Å². The lowest BCUT2D eigenvalue weighted by molar-refractivity contribution is -0.126. The van der Waals surface area contributed by atoms with Crippen molar-refractivity contribution < 1.29 is 9.59 Å². The number of imidazole rings is 1. The second kappa shape index (κ2) is 7.94. The highest BCUT2D eigenvalue weighted by Gasteiger charge is 2.21. The number of nitrogens with one attached hydrogen (secondary N) is 2. The summed E-state index contributed by atoms with van der Waals surface area (Å²) in [5, 5.41) is 3.26. The van der Waals surface area contributed by atoms with Crippen molar-refractivity contribution >= 4 is 11.6 Å². The number of H-pyrrole nitrogens is 1. The third-order valence-corrected chi connectivity index (χ3v) is 3.16. The third-order valence-electron chi connectivity index (χ3n) is 3.16. The summed E-state index contributed by atoms with van der Waals surface area (Å²) in [5.74, 6) is 0.220. The molecular weight excluding hydrogens is 254 g/mol. The zero-order chi connectivity index (χ0) is 15.1. The number of Topliss-reactive ketones (excluding diaryl/α,β-unsaturated/α-hetero) is 2. The second-order valence-corrected chi connectivity index (χ2v) is 5.74. The van der Waals surface area contributed by atoms with Gasteiger partial charge in [0.2, 0.25) is 0 Å². The van der Waals surface area contributed by atoms with Gasteiger partial charge in [-0.25, -0.2) is 4.98 Å². The molecule has 0 saturated heterocycles. The molecule has 1 rings (SSSR count). The SMILES string of the molecule is CC(C)N[C@H](Cc1cnc[nH]1)C(=O)CCC(=O)C(C)C. The van der Waals surface area contributed by atoms with E-state index in [-0.39, 0.29) is 29.6 Å². The van der Waals surface area contributed by atoms with Gasteiger partial charge in [-0.1, -0.05) is 27.7 Å². The van der Waals surface area contributed by atoms with Crippen LogP contribution in [0, 0.1) is 5.92 Å². The minimum atomic E-state index is -0.268. The van der Waals surface area contributed by atoms with Crippen molar-refractivity contribution in [2.75, 3.05) is 0 Å². The van der Waals surface area contributed by atoms with Crippen molar-refractivity contribution in [1.29, 1.82) is 0 Å². The lowest BCUT2D eigenvalue weighted by atomic mass is 9.98. The maximum atomic E-state index is 12.3. The first-order valence-electron chi connectivity index (χ1n) is 7.19. The van der Waals surface area contributed by atoms with Gasteiger partial charge in [0.25, 0.3) is 0 Å². The Morgan fingerprint density at radius 3 is 2.35 bits per heavy atom. The molecule has 1 aromatic rings. The van der Waals surface area contributed by atoms with Crippen LogP contribution in [-0.2, 0) is 16.0 Å². The fourth-order valence-electron chi connectivity index (χ4n) is 1.99. The molecule has 0 saturated carbocycles. The number of carbonyl (C=O) groups is 2. The molecule has 5 nitrogen and oxygen atoms in total. The van der Waals surface area contributed by atoms with Gasteiger partial charge in [0, 0.05) is 43.1 Å². The molecule has 0 radical (unpaired) electrons. The van der Waals surface area contributed by atoms with Crippen LogP contribution in [-0.4, -0.2) is 33.6 Å². The van der Waals surface area contributed by atoms with Gasteiger partial charge in [-0.3, -0.25) is 9.59 Å². The summed E-state index contributed by atoms with van der Waals surface area (Å²) >= 11 is 0. The zero-order valence-electron chi connectivity index (χ0n) is 12.8. The topological polar surface area (TPSA) is 74.8 Å². The molecule has 1 atom stereocenters. The number of aromatic amines is 1. The first-order chi connectivity index (χ1) is 9.40. The smallest absolute Gasteiger partial charge is 0.150 e. The third kappa shape index (κ3) is 5.65. The van der Waals surface area contributed by atoms with Gasteiger partial charge < -0.3 is 10.3 Å². The first-order valence-corrected chi connectivity index (χ1v) is 7.19. The predicted octanol–water partition coefficient (Wildman–Crippen LogP) is 1.89. The molecule has 0 fully saturated rings. The quantitative estimate of drug-likeness (QED) is 0.724. The summed E-state index contributed by atoms with van der Waals surface area (Å²) in [7, 11) is 0. The average molecular weight is 279 g/mol. The van der Waals surface area contributed by atoms with Gasteiger partial charge in [-0.2, -0.15) is 0 Å². The maximum Gasteiger partial charge on any atom is 0.150 e. The van der Waals surface area contributed by atoms with E-state index in [1.807, 2.05) is 27.7 Å². The molecule has 0 unspecified atom stereocenters. The lowest BCUT2D eigenvalue weighted by Crippen LogP contribution is -2.42. The summed E-state index contributed by atoms with van der Waals surface area (Å²) < 4.78 is 0. The maximum absolute atomic E-state index is 12.3. The van der Waals surface area contributed by atoms with Crippen molar-refractivity contribution in [3.8, 4) is 0 Å². The number of hydrogen-bond donors (Lipinski definition) is 2. The molecule has 0 aliphatic heterocycles. The van der Waals surface area contributed by atoms with Gasteiger partial charge in [0.1, 0.15) is 5.78 Å². The number of aromatic nitrogens is 2. The number of carbonyl (C=O) groups excluding carboxylic acids is 2. The zero-order valence-corrected chi connectivity index (χ0v) is 12.8. The highest BCUT2D eigenvalue weighted by Crippen LogP contribution is 2.08. The molecule has 1 heterocycles. The van der Waals surface area contributed by atoms with E-state index in [0.29, 0.717) is 19.3 Å². The van der Waals surface area contributed by atoms with E-state index in [0.717, 1.165) is 5.69 Å². The van der Waals surface area contributed by atoms with Crippen LogP contribution in [0.2, 0.25) is 0 Å². The summed E-state index contributed by atoms with van der Waals surface area (Å²) in [6.07, 6.45) is 4.54. The van der Waals surface area contributed by atoms with Gasteiger partial charge in [-0.05, 0) is 0 Å². The minimum absolute atomic E-state index is 0.00749. The van der Waals surface area contributed by atoms with Crippen LogP contribution >= 0.6 is 0 Å². The Hall–Kier alpha value is -1.49. The van der Waals surface area contributed by atoms with Gasteiger partial charge in [0.05, 0.1) is 12.4 Å². The largest absolute Gasteiger partial charge is 0.348 e. The van der Waals surface area contributed by atoms with Crippen molar-refractivity contribution in [3.63, 3.8) is 0 Å². The normalized spacial score (nSPS) is 12.9. The average Bonchev–Trinajstić information content (AvgIpc) is 2.86. The molecule has 0 aliphatic rings. The van der Waals surface area contributed by atoms with E-state index in [9.17, 15) is 9.59 Å². The van der Waals surface area contributed by atoms with Crippen LogP contribution in [0.15, 0.2) is 12.5 Å². The van der Waals surface area contributed by atoms with Gasteiger partial charge >= 0.3 is 0 Å². The van der Waals surface area contributed by atoms with E-state index < -0.39 is 0 Å². The molecule has 0 amide bonds. The summed E-state index contributed by atoms with van der Waals surface area (Å²) in [6, 6.07) is -0.0527. The van der Waals surface area contributed by atoms with E-state index in [4.69, 9.17) is 0 Å². The van der Waals surface area contributed by atoms with Crippen LogP contribution in [0.4, 0.5) is 0 Å². The van der Waals surface area contributed by atoms with E-state index in [2.05, 4.69) is 15.3 Å². The Balaban J connectivity index is 2.58. The first kappa shape index (κ1) is 16.6. The molecule has 0 spiro atoms. The Kier molecular flexibility index (Phi) is 6.58. The second-order valence-electron chi connectivity index (χ2n) is 5.74. The Morgan fingerprint density at radius 2 is 1.85 bits per heavy atom. The summed E-state index contributed by atoms with van der Waals surface area (Å²) in [4.78, 5) is 30.9. The molecule has 0 aliphatic carbocycles. The minimum Gasteiger partial charge on any atom is -0.348 e. The number of rotatable bonds is 9. The van der Waals surface area contributed by atoms with Crippen molar-refractivity contribution in [2.45, 2.75) is 59.0 Å². The summed E-state index contributed by atoms with van der Waals surface area (Å²) in [5.41, 5.74) is 0.923. The van der Waals surface area contributed by atoms with Crippen molar-refractivity contribution in [2.24, 2.45) is 5.92 Å². The van der Waals surface area contributed by atoms with Crippen molar-refractivity contribution in [3.05, 3.63) is 18.2 Å². The standard InChI is InChI=1S/C15H25N3O2/c1-10(2)14(19)5-6-15(20)13(18-11(3)4)7-12-8-16-9-17-12/h8-11,13,18H,5-7H2,1-4H3,(H,16,17)/t13-/m1/s1. The highest BCUT2D eigenvalue weighted by molar-refractivity contribution is 5.89. The number of ketones is 2. The highest BCUT2D eigenvalue weighted by atomic mass is 16.1. The van der Waals surface area contributed by atoms with Crippen LogP contribution in [0.5, 0.6) is 0 Å². The Morgan fingerprint density at radius 1 is 1.20 bits per heavy atom. The fraction of sp³-hybridized carbons (Fsp3) is 0.667. The van der Waals surface area contributed by atoms with Crippen molar-refractivity contribution in [1.82, 2.24) is 15.3 Å². The fourth-order valence-corrected chi connectivity index (χ4v) is 1.99. The molecular formula is C15H25N3O2.